The molecule has 0 radical (unpaired) electrons. The number of nitrogens with one attached hydrogen (secondary N) is 1. The molecule has 1 aromatic heterocycles. The van der Waals surface area contributed by atoms with E-state index < -0.39 is 10.0 Å². The van der Waals surface area contributed by atoms with Gasteiger partial charge >= 0.3 is 0 Å². The summed E-state index contributed by atoms with van der Waals surface area (Å²) in [7, 11) is -3.80. The SMILES string of the molecule is CCCOc1ccc(-c2cccc(NS(=O)(=O)c3ccc4c(c3)OCCO4)c2)nn1. The van der Waals surface area contributed by atoms with Crippen LogP contribution in [0.15, 0.2) is 59.5 Å². The number of anilines is 1. The van der Waals surface area contributed by atoms with E-state index in [1.807, 2.05) is 13.0 Å². The molecule has 8 nitrogen and oxygen atoms in total. The highest BCUT2D eigenvalue weighted by Gasteiger charge is 2.19. The molecule has 0 unspecified atom stereocenters. The molecule has 0 aliphatic carbocycles. The molecule has 30 heavy (non-hydrogen) atoms. The van der Waals surface area contributed by atoms with Crippen molar-refractivity contribution < 1.29 is 22.6 Å². The lowest BCUT2D eigenvalue weighted by atomic mass is 10.1. The van der Waals surface area contributed by atoms with Crippen molar-refractivity contribution >= 4 is 15.7 Å². The van der Waals surface area contributed by atoms with Crippen LogP contribution in [0.5, 0.6) is 17.4 Å². The van der Waals surface area contributed by atoms with Crippen LogP contribution in [0.25, 0.3) is 11.3 Å². The molecule has 2 aromatic carbocycles. The fourth-order valence-corrected chi connectivity index (χ4v) is 3.97. The maximum absolute atomic E-state index is 12.8. The molecule has 1 aliphatic rings. The Morgan fingerprint density at radius 2 is 1.83 bits per heavy atom. The average Bonchev–Trinajstić information content (AvgIpc) is 2.77. The summed E-state index contributed by atoms with van der Waals surface area (Å²) in [4.78, 5) is 0.0920. The minimum absolute atomic E-state index is 0.0920. The maximum atomic E-state index is 12.8. The van der Waals surface area contributed by atoms with Gasteiger partial charge in [-0.25, -0.2) is 8.42 Å². The molecule has 2 heterocycles. The zero-order valence-electron chi connectivity index (χ0n) is 16.4. The smallest absolute Gasteiger partial charge is 0.262 e. The third-order valence-electron chi connectivity index (χ3n) is 4.33. The summed E-state index contributed by atoms with van der Waals surface area (Å²) in [6.07, 6.45) is 0.884. The Morgan fingerprint density at radius 1 is 1.00 bits per heavy atom. The first-order valence-corrected chi connectivity index (χ1v) is 11.0. The van der Waals surface area contributed by atoms with Gasteiger partial charge in [0, 0.05) is 23.4 Å². The first kappa shape index (κ1) is 20.0. The number of aromatic nitrogens is 2. The second-order valence-corrected chi connectivity index (χ2v) is 8.28. The monoisotopic (exact) mass is 427 g/mol. The van der Waals surface area contributed by atoms with Crippen LogP contribution in [0.3, 0.4) is 0 Å². The Morgan fingerprint density at radius 3 is 2.60 bits per heavy atom. The Bertz CT molecular complexity index is 1130. The summed E-state index contributed by atoms with van der Waals surface area (Å²) in [5, 5.41) is 8.21. The van der Waals surface area contributed by atoms with Crippen molar-refractivity contribution in [3.63, 3.8) is 0 Å². The van der Waals surface area contributed by atoms with Crippen LogP contribution < -0.4 is 18.9 Å². The number of ether oxygens (including phenoxy) is 3. The van der Waals surface area contributed by atoms with Crippen LogP contribution in [0.4, 0.5) is 5.69 Å². The molecule has 156 valence electrons. The van der Waals surface area contributed by atoms with E-state index in [2.05, 4.69) is 14.9 Å². The number of fused-ring (bicyclic) bond motifs is 1. The van der Waals surface area contributed by atoms with Gasteiger partial charge in [-0.15, -0.1) is 10.2 Å². The number of hydrogen-bond donors (Lipinski definition) is 1. The predicted molar refractivity (Wildman–Crippen MR) is 111 cm³/mol. The van der Waals surface area contributed by atoms with E-state index in [1.165, 1.54) is 12.1 Å². The number of sulfonamides is 1. The quantitative estimate of drug-likeness (QED) is 0.616. The topological polar surface area (TPSA) is 99.6 Å². The molecule has 4 rings (SSSR count). The Kier molecular flexibility index (Phi) is 5.71. The lowest BCUT2D eigenvalue weighted by Gasteiger charge is -2.19. The number of rotatable bonds is 7. The number of hydrogen-bond acceptors (Lipinski definition) is 7. The fraction of sp³-hybridized carbons (Fsp3) is 0.238. The van der Waals surface area contributed by atoms with Crippen LogP contribution in [0.2, 0.25) is 0 Å². The molecule has 9 heteroatoms. The molecule has 0 atom stereocenters. The van der Waals surface area contributed by atoms with Crippen molar-refractivity contribution in [1.29, 1.82) is 0 Å². The molecule has 0 bridgehead atoms. The normalized spacial score (nSPS) is 13.0. The van der Waals surface area contributed by atoms with Gasteiger partial charge in [-0.1, -0.05) is 19.1 Å². The summed E-state index contributed by atoms with van der Waals surface area (Å²) in [6.45, 7) is 3.42. The molecule has 1 aliphatic heterocycles. The number of benzene rings is 2. The van der Waals surface area contributed by atoms with Crippen LogP contribution in [-0.4, -0.2) is 38.4 Å². The van der Waals surface area contributed by atoms with Gasteiger partial charge in [0.1, 0.15) is 13.2 Å². The van der Waals surface area contributed by atoms with Crippen LogP contribution in [-0.2, 0) is 10.0 Å². The summed E-state index contributed by atoms with van der Waals surface area (Å²) >= 11 is 0. The van der Waals surface area contributed by atoms with Gasteiger partial charge in [0.25, 0.3) is 10.0 Å². The van der Waals surface area contributed by atoms with Crippen molar-refractivity contribution in [2.75, 3.05) is 24.5 Å². The van der Waals surface area contributed by atoms with Crippen molar-refractivity contribution in [1.82, 2.24) is 10.2 Å². The van der Waals surface area contributed by atoms with Gasteiger partial charge in [0.05, 0.1) is 17.2 Å². The minimum atomic E-state index is -3.80. The molecule has 0 saturated heterocycles. The molecule has 0 spiro atoms. The average molecular weight is 427 g/mol. The van der Waals surface area contributed by atoms with E-state index in [-0.39, 0.29) is 4.90 Å². The van der Waals surface area contributed by atoms with Crippen molar-refractivity contribution in [3.05, 3.63) is 54.6 Å². The van der Waals surface area contributed by atoms with Crippen LogP contribution in [0, 0.1) is 0 Å². The summed E-state index contributed by atoms with van der Waals surface area (Å²) in [5.41, 5.74) is 1.75. The molecule has 1 N–H and O–H groups in total. The lowest BCUT2D eigenvalue weighted by Crippen LogP contribution is -2.17. The molecule has 3 aromatic rings. The Balaban J connectivity index is 1.54. The van der Waals surface area contributed by atoms with Crippen molar-refractivity contribution in [3.8, 4) is 28.6 Å². The standard InChI is InChI=1S/C21H21N3O5S/c1-2-10-29-21-9-7-18(22-23-21)15-4-3-5-16(13-15)24-30(25,26)17-6-8-19-20(14-17)28-12-11-27-19/h3-9,13-14,24H,2,10-12H2,1H3. The first-order valence-electron chi connectivity index (χ1n) is 9.54. The highest BCUT2D eigenvalue weighted by molar-refractivity contribution is 7.92. The second-order valence-electron chi connectivity index (χ2n) is 6.60. The van der Waals surface area contributed by atoms with Gasteiger partial charge in [-0.3, -0.25) is 4.72 Å². The number of nitrogens with zero attached hydrogens (tertiary/aromatic N) is 2. The second kappa shape index (κ2) is 8.58. The third kappa shape index (κ3) is 4.46. The summed E-state index contributed by atoms with van der Waals surface area (Å²) in [5.74, 6) is 1.40. The van der Waals surface area contributed by atoms with Gasteiger partial charge in [0.2, 0.25) is 5.88 Å². The van der Waals surface area contributed by atoms with Gasteiger partial charge in [-0.05, 0) is 36.8 Å². The van der Waals surface area contributed by atoms with E-state index in [1.54, 1.807) is 36.4 Å². The molecule has 0 saturated carbocycles. The lowest BCUT2D eigenvalue weighted by molar-refractivity contribution is 0.171. The molecular weight excluding hydrogens is 406 g/mol. The van der Waals surface area contributed by atoms with Gasteiger partial charge in [-0.2, -0.15) is 0 Å². The molecule has 0 fully saturated rings. The zero-order chi connectivity index (χ0) is 21.0. The van der Waals surface area contributed by atoms with E-state index >= 15 is 0 Å². The summed E-state index contributed by atoms with van der Waals surface area (Å²) in [6, 6.07) is 15.0. The maximum Gasteiger partial charge on any atom is 0.262 e. The summed E-state index contributed by atoms with van der Waals surface area (Å²) < 4.78 is 44.6. The zero-order valence-corrected chi connectivity index (χ0v) is 17.2. The van der Waals surface area contributed by atoms with Crippen LogP contribution >= 0.6 is 0 Å². The predicted octanol–water partition coefficient (Wildman–Crippen LogP) is 3.50. The first-order chi connectivity index (χ1) is 14.5. The van der Waals surface area contributed by atoms with Gasteiger partial charge < -0.3 is 14.2 Å². The van der Waals surface area contributed by atoms with E-state index in [4.69, 9.17) is 14.2 Å². The largest absolute Gasteiger partial charge is 0.486 e. The van der Waals surface area contributed by atoms with E-state index in [9.17, 15) is 8.42 Å². The van der Waals surface area contributed by atoms with Crippen molar-refractivity contribution in [2.24, 2.45) is 0 Å². The highest BCUT2D eigenvalue weighted by atomic mass is 32.2. The van der Waals surface area contributed by atoms with E-state index in [0.717, 1.165) is 12.0 Å². The molecular formula is C21H21N3O5S. The Labute approximate surface area is 174 Å². The van der Waals surface area contributed by atoms with Crippen molar-refractivity contribution in [2.45, 2.75) is 18.2 Å². The van der Waals surface area contributed by atoms with Gasteiger partial charge in [0.15, 0.2) is 11.5 Å². The Hall–Kier alpha value is -3.33. The van der Waals surface area contributed by atoms with Crippen LogP contribution in [0.1, 0.15) is 13.3 Å². The molecule has 0 amide bonds. The fourth-order valence-electron chi connectivity index (χ4n) is 2.90. The third-order valence-corrected chi connectivity index (χ3v) is 5.71. The minimum Gasteiger partial charge on any atom is -0.486 e. The highest BCUT2D eigenvalue weighted by Crippen LogP contribution is 2.33. The van der Waals surface area contributed by atoms with E-state index in [0.29, 0.717) is 48.6 Å².